The molecule has 2 aromatic heterocycles. The third-order valence-corrected chi connectivity index (χ3v) is 3.31. The van der Waals surface area contributed by atoms with E-state index in [4.69, 9.17) is 0 Å². The van der Waals surface area contributed by atoms with Gasteiger partial charge in [-0.3, -0.25) is 4.98 Å². The highest BCUT2D eigenvalue weighted by Gasteiger charge is 2.12. The molecule has 0 fully saturated rings. The molecule has 0 bridgehead atoms. The molecule has 0 aliphatic carbocycles. The molecular weight excluding hydrogens is 306 g/mol. The molecule has 0 aliphatic rings. The van der Waals surface area contributed by atoms with Crippen molar-refractivity contribution in [2.24, 2.45) is 0 Å². The Morgan fingerprint density at radius 1 is 1.32 bits per heavy atom. The zero-order chi connectivity index (χ0) is 13.7. The molecule has 2 rings (SSSR count). The Bertz CT molecular complexity index is 532. The van der Waals surface area contributed by atoms with Gasteiger partial charge >= 0.3 is 0 Å². The molecule has 5 nitrogen and oxygen atoms in total. The smallest absolute Gasteiger partial charge is 0.224 e. The first-order valence-electron chi connectivity index (χ1n) is 6.08. The quantitative estimate of drug-likeness (QED) is 0.917. The van der Waals surface area contributed by atoms with Crippen LogP contribution in [0.25, 0.3) is 0 Å². The van der Waals surface area contributed by atoms with Crippen molar-refractivity contribution >= 4 is 27.7 Å². The molecule has 19 heavy (non-hydrogen) atoms. The summed E-state index contributed by atoms with van der Waals surface area (Å²) >= 11 is 3.51. The normalized spacial score (nSPS) is 10.3. The first-order valence-corrected chi connectivity index (χ1v) is 6.88. The maximum absolute atomic E-state index is 4.50. The Morgan fingerprint density at radius 2 is 2.05 bits per heavy atom. The number of hydrogen-bond donors (Lipinski definition) is 1. The maximum atomic E-state index is 4.50. The first kappa shape index (κ1) is 13.7. The van der Waals surface area contributed by atoms with Crippen molar-refractivity contribution in [3.8, 4) is 0 Å². The van der Waals surface area contributed by atoms with Gasteiger partial charge in [0.25, 0.3) is 0 Å². The lowest BCUT2D eigenvalue weighted by molar-refractivity contribution is 0.806. The van der Waals surface area contributed by atoms with Crippen LogP contribution >= 0.6 is 15.9 Å². The molecule has 0 aliphatic heterocycles. The Kier molecular flexibility index (Phi) is 4.68. The number of nitrogens with zero attached hydrogens (tertiary/aromatic N) is 4. The number of hydrogen-bond acceptors (Lipinski definition) is 5. The maximum Gasteiger partial charge on any atom is 0.224 e. The van der Waals surface area contributed by atoms with Gasteiger partial charge in [-0.1, -0.05) is 0 Å². The van der Waals surface area contributed by atoms with Gasteiger partial charge in [0.2, 0.25) is 5.95 Å². The minimum atomic E-state index is 0.617. The number of aromatic nitrogens is 3. The van der Waals surface area contributed by atoms with Crippen molar-refractivity contribution in [1.82, 2.24) is 15.0 Å². The number of halogens is 1. The highest BCUT2D eigenvalue weighted by Crippen LogP contribution is 2.25. The van der Waals surface area contributed by atoms with Crippen molar-refractivity contribution < 1.29 is 0 Å². The second-order valence-electron chi connectivity index (χ2n) is 3.98. The summed E-state index contributed by atoms with van der Waals surface area (Å²) in [6.07, 6.45) is 5.37. The lowest BCUT2D eigenvalue weighted by atomic mass is 10.2. The van der Waals surface area contributed by atoms with Gasteiger partial charge in [-0.15, -0.1) is 0 Å². The van der Waals surface area contributed by atoms with Gasteiger partial charge in [0.1, 0.15) is 5.82 Å². The van der Waals surface area contributed by atoms with Crippen LogP contribution in [0.15, 0.2) is 35.2 Å². The lowest BCUT2D eigenvalue weighted by Crippen LogP contribution is -2.24. The molecule has 0 unspecified atom stereocenters. The van der Waals surface area contributed by atoms with Crippen molar-refractivity contribution in [3.05, 3.63) is 40.8 Å². The van der Waals surface area contributed by atoms with Crippen LogP contribution in [0.1, 0.15) is 12.5 Å². The average Bonchev–Trinajstić information content (AvgIpc) is 2.47. The van der Waals surface area contributed by atoms with Crippen LogP contribution in [0.5, 0.6) is 0 Å². The van der Waals surface area contributed by atoms with E-state index in [0.29, 0.717) is 5.95 Å². The summed E-state index contributed by atoms with van der Waals surface area (Å²) in [5.41, 5.74) is 1.20. The molecule has 0 saturated carbocycles. The van der Waals surface area contributed by atoms with Crippen molar-refractivity contribution in [2.75, 3.05) is 23.8 Å². The Morgan fingerprint density at radius 3 is 2.68 bits per heavy atom. The van der Waals surface area contributed by atoms with Gasteiger partial charge in [-0.05, 0) is 40.5 Å². The molecule has 100 valence electrons. The van der Waals surface area contributed by atoms with E-state index in [1.807, 2.05) is 19.2 Å². The second-order valence-corrected chi connectivity index (χ2v) is 4.84. The van der Waals surface area contributed by atoms with Crippen LogP contribution in [0.3, 0.4) is 0 Å². The standard InChI is InChI=1S/C13H16BrN5/c1-3-19(9-10-4-6-16-7-5-10)12-11(14)8-17-13(15-2)18-12/h4-8H,3,9H2,1-2H3,(H,15,17,18). The van der Waals surface area contributed by atoms with Crippen LogP contribution in [0.2, 0.25) is 0 Å². The largest absolute Gasteiger partial charge is 0.357 e. The Hall–Kier alpha value is -1.69. The number of pyridine rings is 1. The predicted molar refractivity (Wildman–Crippen MR) is 80.2 cm³/mol. The molecule has 1 N–H and O–H groups in total. The van der Waals surface area contributed by atoms with E-state index in [9.17, 15) is 0 Å². The molecule has 0 radical (unpaired) electrons. The second kappa shape index (κ2) is 6.47. The van der Waals surface area contributed by atoms with E-state index in [0.717, 1.165) is 23.4 Å². The summed E-state index contributed by atoms with van der Waals surface area (Å²) in [5.74, 6) is 1.50. The summed E-state index contributed by atoms with van der Waals surface area (Å²) in [6, 6.07) is 4.02. The molecule has 6 heteroatoms. The lowest BCUT2D eigenvalue weighted by Gasteiger charge is -2.23. The van der Waals surface area contributed by atoms with Crippen molar-refractivity contribution in [2.45, 2.75) is 13.5 Å². The van der Waals surface area contributed by atoms with Crippen LogP contribution < -0.4 is 10.2 Å². The number of anilines is 2. The van der Waals surface area contributed by atoms with Gasteiger partial charge in [0.05, 0.1) is 4.47 Å². The summed E-state index contributed by atoms with van der Waals surface area (Å²) in [7, 11) is 1.81. The zero-order valence-electron chi connectivity index (χ0n) is 11.0. The minimum absolute atomic E-state index is 0.617. The minimum Gasteiger partial charge on any atom is -0.357 e. The van der Waals surface area contributed by atoms with Crippen LogP contribution in [-0.2, 0) is 6.54 Å². The summed E-state index contributed by atoms with van der Waals surface area (Å²) in [6.45, 7) is 3.76. The SMILES string of the molecule is CCN(Cc1ccncc1)c1nc(NC)ncc1Br. The highest BCUT2D eigenvalue weighted by molar-refractivity contribution is 9.10. The average molecular weight is 322 g/mol. The van der Waals surface area contributed by atoms with E-state index in [1.165, 1.54) is 5.56 Å². The van der Waals surface area contributed by atoms with Gasteiger partial charge in [-0.2, -0.15) is 4.98 Å². The molecule has 0 saturated heterocycles. The molecule has 0 spiro atoms. The fourth-order valence-corrected chi connectivity index (χ4v) is 2.19. The highest BCUT2D eigenvalue weighted by atomic mass is 79.9. The Labute approximate surface area is 121 Å². The van der Waals surface area contributed by atoms with E-state index in [-0.39, 0.29) is 0 Å². The van der Waals surface area contributed by atoms with Crippen molar-refractivity contribution in [1.29, 1.82) is 0 Å². The molecule has 0 atom stereocenters. The molecule has 0 aromatic carbocycles. The zero-order valence-corrected chi connectivity index (χ0v) is 12.6. The van der Waals surface area contributed by atoms with Crippen LogP contribution in [0, 0.1) is 0 Å². The van der Waals surface area contributed by atoms with Crippen LogP contribution in [-0.4, -0.2) is 28.5 Å². The van der Waals surface area contributed by atoms with Gasteiger partial charge < -0.3 is 10.2 Å². The van der Waals surface area contributed by atoms with Crippen molar-refractivity contribution in [3.63, 3.8) is 0 Å². The van der Waals surface area contributed by atoms with E-state index in [1.54, 1.807) is 18.6 Å². The molecular formula is C13H16BrN5. The van der Waals surface area contributed by atoms with Gasteiger partial charge in [0, 0.05) is 38.7 Å². The summed E-state index contributed by atoms with van der Waals surface area (Å²) in [5, 5.41) is 2.96. The Balaban J connectivity index is 2.26. The van der Waals surface area contributed by atoms with E-state index >= 15 is 0 Å². The topological polar surface area (TPSA) is 53.9 Å². The predicted octanol–water partition coefficient (Wildman–Crippen LogP) is 2.70. The first-order chi connectivity index (χ1) is 9.24. The van der Waals surface area contributed by atoms with Gasteiger partial charge in [0.15, 0.2) is 0 Å². The third kappa shape index (κ3) is 3.41. The van der Waals surface area contributed by atoms with E-state index in [2.05, 4.69) is 48.0 Å². The summed E-state index contributed by atoms with van der Waals surface area (Å²) < 4.78 is 0.891. The molecule has 2 heterocycles. The fourth-order valence-electron chi connectivity index (χ4n) is 1.75. The third-order valence-electron chi connectivity index (χ3n) is 2.75. The number of rotatable bonds is 5. The number of nitrogens with one attached hydrogen (secondary N) is 1. The molecule has 0 amide bonds. The molecule has 2 aromatic rings. The monoisotopic (exact) mass is 321 g/mol. The summed E-state index contributed by atoms with van der Waals surface area (Å²) in [4.78, 5) is 14.9. The van der Waals surface area contributed by atoms with E-state index < -0.39 is 0 Å². The van der Waals surface area contributed by atoms with Crippen LogP contribution in [0.4, 0.5) is 11.8 Å². The van der Waals surface area contributed by atoms with Gasteiger partial charge in [-0.25, -0.2) is 4.98 Å². The fraction of sp³-hybridized carbons (Fsp3) is 0.308.